The van der Waals surface area contributed by atoms with E-state index >= 15 is 0 Å². The molecule has 0 unspecified atom stereocenters. The van der Waals surface area contributed by atoms with Crippen molar-refractivity contribution >= 4 is 26.8 Å². The first-order chi connectivity index (χ1) is 8.95. The van der Waals surface area contributed by atoms with Crippen LogP contribution in [0, 0.1) is 0 Å². The molecule has 0 aliphatic rings. The molecule has 0 fully saturated rings. The van der Waals surface area contributed by atoms with Crippen LogP contribution in [-0.2, 0) is 21.0 Å². The topological polar surface area (TPSA) is 74.3 Å². The Morgan fingerprint density at radius 2 is 1.60 bits per heavy atom. The summed E-state index contributed by atoms with van der Waals surface area (Å²) in [6.45, 7) is 0. The Balaban J connectivity index is 0.000000396. The maximum Gasteiger partial charge on any atom is 0.485 e. The molecule has 4 nitrogen and oxygen atoms in total. The smallest absolute Gasteiger partial charge is 0.485 e. The van der Waals surface area contributed by atoms with E-state index in [4.69, 9.17) is 13.0 Å². The van der Waals surface area contributed by atoms with Crippen LogP contribution in [0.4, 0.5) is 13.2 Å². The molecule has 1 rings (SSSR count). The first-order valence-electron chi connectivity index (χ1n) is 5.09. The van der Waals surface area contributed by atoms with Crippen LogP contribution < -0.4 is 0 Å². The SMILES string of the molecule is C[S+](C)CC(=O)c1ccccc1.O=S(=O)([O-])C(F)(F)F. The molecule has 114 valence electrons. The minimum atomic E-state index is -6.09. The van der Waals surface area contributed by atoms with E-state index in [1.165, 1.54) is 0 Å². The summed E-state index contributed by atoms with van der Waals surface area (Å²) in [5.74, 6) is 0.924. The molecule has 9 heteroatoms. The Morgan fingerprint density at radius 1 is 1.20 bits per heavy atom. The van der Waals surface area contributed by atoms with Crippen molar-refractivity contribution in [3.05, 3.63) is 35.9 Å². The Bertz CT molecular complexity index is 524. The summed E-state index contributed by atoms with van der Waals surface area (Å²) in [6, 6.07) is 9.46. The molecule has 0 atom stereocenters. The van der Waals surface area contributed by atoms with Crippen LogP contribution in [-0.4, -0.2) is 42.5 Å². The van der Waals surface area contributed by atoms with Crippen molar-refractivity contribution < 1.29 is 30.9 Å². The Kier molecular flexibility index (Phi) is 7.25. The quantitative estimate of drug-likeness (QED) is 0.367. The lowest BCUT2D eigenvalue weighted by atomic mass is 10.2. The number of hydrogen-bond acceptors (Lipinski definition) is 4. The maximum atomic E-state index is 11.5. The highest BCUT2D eigenvalue weighted by Crippen LogP contribution is 2.20. The van der Waals surface area contributed by atoms with E-state index in [1.54, 1.807) is 0 Å². The van der Waals surface area contributed by atoms with E-state index in [0.717, 1.165) is 5.56 Å². The van der Waals surface area contributed by atoms with E-state index < -0.39 is 15.6 Å². The van der Waals surface area contributed by atoms with Crippen molar-refractivity contribution in [1.82, 2.24) is 0 Å². The lowest BCUT2D eigenvalue weighted by molar-refractivity contribution is -0.0517. The number of Topliss-reactive ketones (excluding diaryl/α,β-unsaturated/α-hetero) is 1. The maximum absolute atomic E-state index is 11.5. The molecule has 0 amide bonds. The molecule has 0 radical (unpaired) electrons. The molecule has 20 heavy (non-hydrogen) atoms. The molecule has 0 spiro atoms. The molecular weight excluding hydrogens is 317 g/mol. The zero-order chi connectivity index (χ0) is 16.0. The predicted octanol–water partition coefficient (Wildman–Crippen LogP) is 1.80. The van der Waals surface area contributed by atoms with Crippen molar-refractivity contribution in [1.29, 1.82) is 0 Å². The first-order valence-corrected chi connectivity index (χ1v) is 8.71. The molecule has 0 aliphatic heterocycles. The van der Waals surface area contributed by atoms with Crippen LogP contribution in [0.5, 0.6) is 0 Å². The summed E-state index contributed by atoms with van der Waals surface area (Å²) in [4.78, 5) is 11.5. The second-order valence-electron chi connectivity index (χ2n) is 3.82. The highest BCUT2D eigenvalue weighted by molar-refractivity contribution is 7.96. The first kappa shape index (κ1) is 18.9. The second kappa shape index (κ2) is 7.65. The van der Waals surface area contributed by atoms with Gasteiger partial charge in [-0.05, 0) is 10.9 Å². The fraction of sp³-hybridized carbons (Fsp3) is 0.364. The highest BCUT2D eigenvalue weighted by atomic mass is 32.2. The predicted molar refractivity (Wildman–Crippen MR) is 70.6 cm³/mol. The van der Waals surface area contributed by atoms with Gasteiger partial charge in [0.05, 0.1) is 12.5 Å². The van der Waals surface area contributed by atoms with Crippen LogP contribution in [0.25, 0.3) is 0 Å². The van der Waals surface area contributed by atoms with Crippen LogP contribution >= 0.6 is 0 Å². The average molecular weight is 330 g/mol. The zero-order valence-electron chi connectivity index (χ0n) is 10.7. The number of ketones is 1. The summed E-state index contributed by atoms with van der Waals surface area (Å²) in [6.07, 6.45) is 4.17. The van der Waals surface area contributed by atoms with Crippen LogP contribution in [0.15, 0.2) is 30.3 Å². The number of carbonyl (C=O) groups excluding carboxylic acids is 1. The van der Waals surface area contributed by atoms with Gasteiger partial charge in [-0.15, -0.1) is 0 Å². The van der Waals surface area contributed by atoms with Crippen molar-refractivity contribution in [3.63, 3.8) is 0 Å². The van der Waals surface area contributed by atoms with E-state index in [2.05, 4.69) is 12.5 Å². The van der Waals surface area contributed by atoms with Crippen molar-refractivity contribution in [2.75, 3.05) is 18.3 Å². The number of benzene rings is 1. The average Bonchev–Trinajstić information content (AvgIpc) is 2.27. The number of hydrogen-bond donors (Lipinski definition) is 0. The van der Waals surface area contributed by atoms with Gasteiger partial charge in [0.15, 0.2) is 15.9 Å². The molecule has 0 aliphatic carbocycles. The molecule has 1 aromatic carbocycles. The standard InChI is InChI=1S/C10H13OS.CHF3O3S/c1-12(2)8-10(11)9-6-4-3-5-7-9;2-1(3,4)8(5,6)7/h3-7H,8H2,1-2H3;(H,5,6,7)/q+1;/p-1. The van der Waals surface area contributed by atoms with Crippen molar-refractivity contribution in [3.8, 4) is 0 Å². The summed E-state index contributed by atoms with van der Waals surface area (Å²) in [7, 11) is -5.89. The van der Waals surface area contributed by atoms with Gasteiger partial charge in [-0.25, -0.2) is 8.42 Å². The fourth-order valence-corrected chi connectivity index (χ4v) is 1.66. The van der Waals surface area contributed by atoms with E-state index in [9.17, 15) is 18.0 Å². The van der Waals surface area contributed by atoms with Gasteiger partial charge in [0.25, 0.3) is 0 Å². The molecule has 0 saturated carbocycles. The Morgan fingerprint density at radius 3 is 1.90 bits per heavy atom. The molecule has 0 bridgehead atoms. The molecule has 0 aromatic heterocycles. The number of carbonyl (C=O) groups is 1. The van der Waals surface area contributed by atoms with Gasteiger partial charge in [0.2, 0.25) is 5.78 Å². The van der Waals surface area contributed by atoms with Gasteiger partial charge < -0.3 is 4.55 Å². The monoisotopic (exact) mass is 330 g/mol. The molecule has 0 heterocycles. The highest BCUT2D eigenvalue weighted by Gasteiger charge is 2.36. The molecule has 0 N–H and O–H groups in total. The van der Waals surface area contributed by atoms with Gasteiger partial charge in [0.1, 0.15) is 0 Å². The number of halogens is 3. The summed E-state index contributed by atoms with van der Waals surface area (Å²) in [5, 5.41) is 0. The van der Waals surface area contributed by atoms with Gasteiger partial charge in [0, 0.05) is 5.56 Å². The molecule has 1 aromatic rings. The largest absolute Gasteiger partial charge is 0.741 e. The summed E-state index contributed by atoms with van der Waals surface area (Å²) < 4.78 is 58.9. The van der Waals surface area contributed by atoms with Crippen molar-refractivity contribution in [2.24, 2.45) is 0 Å². The lowest BCUT2D eigenvalue weighted by Gasteiger charge is -2.08. The Hall–Kier alpha value is -1.06. The number of alkyl halides is 3. The zero-order valence-corrected chi connectivity index (χ0v) is 12.3. The van der Waals surface area contributed by atoms with Gasteiger partial charge in [-0.3, -0.25) is 4.79 Å². The fourth-order valence-electron chi connectivity index (χ4n) is 0.970. The van der Waals surface area contributed by atoms with E-state index in [1.807, 2.05) is 30.3 Å². The van der Waals surface area contributed by atoms with Crippen LogP contribution in [0.2, 0.25) is 0 Å². The van der Waals surface area contributed by atoms with Gasteiger partial charge >= 0.3 is 5.51 Å². The minimum absolute atomic E-state index is 0.204. The normalized spacial score (nSPS) is 11.8. The summed E-state index contributed by atoms with van der Waals surface area (Å²) >= 11 is 0. The third kappa shape index (κ3) is 7.51. The minimum Gasteiger partial charge on any atom is -0.741 e. The third-order valence-corrected chi connectivity index (χ3v) is 3.21. The van der Waals surface area contributed by atoms with Crippen molar-refractivity contribution in [2.45, 2.75) is 5.51 Å². The third-order valence-electron chi connectivity index (χ3n) is 1.80. The molecular formula is C11H13F3O4S2. The molecule has 0 saturated heterocycles. The van der Waals surface area contributed by atoms with E-state index in [0.29, 0.717) is 5.75 Å². The second-order valence-corrected chi connectivity index (χ2v) is 7.45. The van der Waals surface area contributed by atoms with Gasteiger partial charge in [-0.2, -0.15) is 13.2 Å². The Labute approximate surface area is 118 Å². The van der Waals surface area contributed by atoms with Crippen LogP contribution in [0.3, 0.4) is 0 Å². The lowest BCUT2D eigenvalue weighted by Crippen LogP contribution is -2.21. The van der Waals surface area contributed by atoms with Crippen LogP contribution in [0.1, 0.15) is 10.4 Å². The van der Waals surface area contributed by atoms with Gasteiger partial charge in [-0.1, -0.05) is 30.3 Å². The number of rotatable bonds is 3. The van der Waals surface area contributed by atoms with E-state index in [-0.39, 0.29) is 16.7 Å². The summed E-state index contributed by atoms with van der Waals surface area (Å²) in [5.41, 5.74) is -4.81.